The Morgan fingerprint density at radius 1 is 1.08 bits per heavy atom. The van der Waals surface area contributed by atoms with Crippen molar-refractivity contribution in [1.82, 2.24) is 34.9 Å². The van der Waals surface area contributed by atoms with Crippen LogP contribution < -0.4 is 21.7 Å². The van der Waals surface area contributed by atoms with Crippen LogP contribution in [0.15, 0.2) is 30.6 Å². The first-order valence-corrected chi connectivity index (χ1v) is 15.8. The summed E-state index contributed by atoms with van der Waals surface area (Å²) in [6.07, 6.45) is -0.904. The van der Waals surface area contributed by atoms with Gasteiger partial charge < -0.3 is 31.2 Å². The van der Waals surface area contributed by atoms with Crippen molar-refractivity contribution in [1.29, 1.82) is 0 Å². The summed E-state index contributed by atoms with van der Waals surface area (Å²) in [4.78, 5) is 44.4. The van der Waals surface area contributed by atoms with Gasteiger partial charge in [0.05, 0.1) is 28.0 Å². The van der Waals surface area contributed by atoms with Gasteiger partial charge in [-0.25, -0.2) is 18.6 Å². The maximum Gasteiger partial charge on any atom is 0.435 e. The predicted molar refractivity (Wildman–Crippen MR) is 161 cm³/mol. The molecule has 7 rings (SSSR count). The molecule has 3 heterocycles. The summed E-state index contributed by atoms with van der Waals surface area (Å²) >= 11 is 6.39. The van der Waals surface area contributed by atoms with Crippen LogP contribution >= 0.6 is 11.6 Å². The van der Waals surface area contributed by atoms with Crippen LogP contribution in [0.25, 0.3) is 11.3 Å². The Morgan fingerprint density at radius 2 is 1.79 bits per heavy atom. The summed E-state index contributed by atoms with van der Waals surface area (Å²) in [5, 5.41) is 12.0. The second-order valence-electron chi connectivity index (χ2n) is 12.9. The zero-order chi connectivity index (χ0) is 34.3. The molecule has 18 heteroatoms. The van der Waals surface area contributed by atoms with Crippen LogP contribution in [0.3, 0.4) is 0 Å². The number of carbonyl (C=O) groups excluding carboxylic acids is 3. The van der Waals surface area contributed by atoms with Gasteiger partial charge >= 0.3 is 12.2 Å². The maximum atomic E-state index is 13.8. The van der Waals surface area contributed by atoms with E-state index in [0.717, 1.165) is 36.2 Å². The molecule has 4 aliphatic rings. The number of hydrogen-bond donors (Lipinski definition) is 4. The number of urea groups is 1. The molecule has 48 heavy (non-hydrogen) atoms. The molecule has 0 radical (unpaired) electrons. The van der Waals surface area contributed by atoms with E-state index in [2.05, 4.69) is 26.0 Å². The molecule has 5 N–H and O–H groups in total. The predicted octanol–water partition coefficient (Wildman–Crippen LogP) is 4.04. The topological polar surface area (TPSA) is 152 Å². The quantitative estimate of drug-likeness (QED) is 0.274. The van der Waals surface area contributed by atoms with Gasteiger partial charge in [-0.3, -0.25) is 14.3 Å². The van der Waals surface area contributed by atoms with Gasteiger partial charge in [-0.2, -0.15) is 18.3 Å². The Kier molecular flexibility index (Phi) is 7.69. The molecule has 3 saturated carbocycles. The van der Waals surface area contributed by atoms with E-state index < -0.39 is 47.6 Å². The van der Waals surface area contributed by atoms with Crippen LogP contribution in [0.5, 0.6) is 0 Å². The van der Waals surface area contributed by atoms with Gasteiger partial charge in [-0.1, -0.05) is 11.6 Å². The van der Waals surface area contributed by atoms with Crippen molar-refractivity contribution in [2.75, 3.05) is 18.4 Å². The van der Waals surface area contributed by atoms with Gasteiger partial charge in [0.1, 0.15) is 6.04 Å². The number of nitrogens with zero attached hydrogens (tertiary/aromatic N) is 5. The molecule has 4 amide bonds. The summed E-state index contributed by atoms with van der Waals surface area (Å²) in [5.74, 6) is -4.36. The van der Waals surface area contributed by atoms with Gasteiger partial charge in [0.25, 0.3) is 17.7 Å². The number of nitrogens with one attached hydrogen (secondary N) is 3. The van der Waals surface area contributed by atoms with Gasteiger partial charge in [-0.05, 0) is 37.5 Å². The molecule has 256 valence electrons. The minimum Gasteiger partial charge on any atom is -0.349 e. The molecular formula is C30H31ClF5N9O3. The van der Waals surface area contributed by atoms with E-state index >= 15 is 0 Å². The lowest BCUT2D eigenvalue weighted by Gasteiger charge is -2.25. The number of halogens is 6. The minimum atomic E-state index is -4.94. The number of likely N-dealkylation sites (tertiary alicyclic amines) is 1. The fraction of sp³-hybridized carbons (Fsp3) is 0.500. The number of alkyl halides is 5. The van der Waals surface area contributed by atoms with E-state index in [0.29, 0.717) is 17.8 Å². The molecule has 1 aliphatic heterocycles. The van der Waals surface area contributed by atoms with Gasteiger partial charge in [-0.15, -0.1) is 0 Å². The number of aromatic nitrogens is 4. The number of nitrogens with two attached hydrogens (primary N) is 1. The molecule has 2 aromatic heterocycles. The summed E-state index contributed by atoms with van der Waals surface area (Å²) in [6.45, 7) is 1.04. The van der Waals surface area contributed by atoms with Crippen molar-refractivity contribution in [2.24, 2.45) is 24.6 Å². The molecule has 4 fully saturated rings. The first-order chi connectivity index (χ1) is 22.6. The molecule has 3 aliphatic carbocycles. The van der Waals surface area contributed by atoms with E-state index in [1.807, 2.05) is 0 Å². The second kappa shape index (κ2) is 11.4. The van der Waals surface area contributed by atoms with Crippen molar-refractivity contribution in [3.63, 3.8) is 0 Å². The molecule has 12 nitrogen and oxygen atoms in total. The molecule has 1 saturated heterocycles. The van der Waals surface area contributed by atoms with E-state index in [9.17, 15) is 36.3 Å². The first-order valence-electron chi connectivity index (χ1n) is 15.4. The number of amides is 4. The highest BCUT2D eigenvalue weighted by Crippen LogP contribution is 2.53. The van der Waals surface area contributed by atoms with Crippen LogP contribution in [-0.2, 0) is 13.2 Å². The molecule has 0 spiro atoms. The highest BCUT2D eigenvalue weighted by molar-refractivity contribution is 6.34. The van der Waals surface area contributed by atoms with Crippen molar-refractivity contribution < 1.29 is 36.3 Å². The standard InChI is InChI=1S/C30H31ClF5N9O3/c1-43-21(17-12-45(22-8-29(22,32)33)42-24(17)30(34,35)36)9-38-25(43)27(47)39-13-5-6-14(18(31)7-13)26(46)41-23-15-10-44(11-16(15)23)28(48)40-20-4-2-3-19(20)37/h5-7,9,12,15-16,19-20,22-23H,2-4,8,10-11,37H2,1H3,(H,39,47)(H,40,48)(H,41,46)/t15?,16?,19-,20+,22?,23?/m0/s1. The SMILES string of the molecule is Cn1c(-c2cn(C3CC3(F)F)nc2C(F)(F)F)cnc1C(=O)Nc1ccc(C(=O)NC2C3CN(C(=O)N[C@@H]4CCC[C@@H]4N)CC32)c(Cl)c1. The van der Waals surface area contributed by atoms with Crippen LogP contribution in [0.4, 0.5) is 32.4 Å². The Morgan fingerprint density at radius 3 is 2.40 bits per heavy atom. The van der Waals surface area contributed by atoms with Gasteiger partial charge in [0.15, 0.2) is 11.5 Å². The van der Waals surface area contributed by atoms with Crippen LogP contribution in [0, 0.1) is 11.8 Å². The normalized spacial score (nSPS) is 27.0. The Labute approximate surface area is 275 Å². The zero-order valence-corrected chi connectivity index (χ0v) is 26.2. The fourth-order valence-corrected chi connectivity index (χ4v) is 7.09. The third-order valence-corrected chi connectivity index (χ3v) is 10.0. The number of benzene rings is 1. The van der Waals surface area contributed by atoms with E-state index in [1.165, 1.54) is 25.2 Å². The number of hydrogen-bond acceptors (Lipinski definition) is 6. The number of anilines is 1. The van der Waals surface area contributed by atoms with Crippen molar-refractivity contribution in [3.05, 3.63) is 52.7 Å². The van der Waals surface area contributed by atoms with E-state index in [4.69, 9.17) is 17.3 Å². The molecule has 3 aromatic rings. The first kappa shape index (κ1) is 32.3. The monoisotopic (exact) mass is 695 g/mol. The number of imidazole rings is 1. The molecule has 5 atom stereocenters. The average molecular weight is 696 g/mol. The summed E-state index contributed by atoms with van der Waals surface area (Å²) in [5.41, 5.74) is 4.39. The van der Waals surface area contributed by atoms with Crippen LogP contribution in [0.2, 0.25) is 5.02 Å². The lowest BCUT2D eigenvalue weighted by molar-refractivity contribution is -0.141. The number of rotatable bonds is 7. The smallest absolute Gasteiger partial charge is 0.349 e. The number of piperidine rings is 1. The van der Waals surface area contributed by atoms with Crippen molar-refractivity contribution in [3.8, 4) is 11.3 Å². The number of carbonyl (C=O) groups is 3. The third-order valence-electron chi connectivity index (χ3n) is 9.71. The fourth-order valence-electron chi connectivity index (χ4n) is 6.82. The summed E-state index contributed by atoms with van der Waals surface area (Å²) in [7, 11) is 1.31. The highest BCUT2D eigenvalue weighted by atomic mass is 35.5. The lowest BCUT2D eigenvalue weighted by atomic mass is 10.2. The largest absolute Gasteiger partial charge is 0.435 e. The highest BCUT2D eigenvalue weighted by Gasteiger charge is 2.60. The Hall–Kier alpha value is -4.25. The Balaban J connectivity index is 0.967. The molecule has 0 bridgehead atoms. The second-order valence-corrected chi connectivity index (χ2v) is 13.3. The molecular weight excluding hydrogens is 665 g/mol. The zero-order valence-electron chi connectivity index (χ0n) is 25.4. The maximum absolute atomic E-state index is 13.8. The number of fused-ring (bicyclic) bond motifs is 1. The van der Waals surface area contributed by atoms with E-state index in [-0.39, 0.29) is 63.8 Å². The average Bonchev–Trinajstić information content (AvgIpc) is 3.46. The van der Waals surface area contributed by atoms with Crippen molar-refractivity contribution in [2.45, 2.75) is 61.9 Å². The molecule has 1 aromatic carbocycles. The van der Waals surface area contributed by atoms with Gasteiger partial charge in [0.2, 0.25) is 0 Å². The lowest BCUT2D eigenvalue weighted by Crippen LogP contribution is -2.50. The van der Waals surface area contributed by atoms with Crippen LogP contribution in [-0.4, -0.2) is 79.2 Å². The van der Waals surface area contributed by atoms with Gasteiger partial charge in [0, 0.05) is 68.4 Å². The Bertz CT molecular complexity index is 1800. The third kappa shape index (κ3) is 5.86. The summed E-state index contributed by atoms with van der Waals surface area (Å²) in [6, 6.07) is 2.45. The summed E-state index contributed by atoms with van der Waals surface area (Å²) < 4.78 is 70.1. The van der Waals surface area contributed by atoms with Crippen molar-refractivity contribution >= 4 is 35.1 Å². The van der Waals surface area contributed by atoms with E-state index in [1.54, 1.807) is 4.90 Å². The van der Waals surface area contributed by atoms with Crippen LogP contribution in [0.1, 0.15) is 58.4 Å². The molecule has 3 unspecified atom stereocenters. The minimum absolute atomic E-state index is 0.0179.